The molecule has 3 nitrogen and oxygen atoms in total. The highest BCUT2D eigenvalue weighted by atomic mass is 16.5. The van der Waals surface area contributed by atoms with Gasteiger partial charge in [-0.1, -0.05) is 0 Å². The van der Waals surface area contributed by atoms with Crippen LogP contribution in [0.2, 0.25) is 0 Å². The zero-order valence-electron chi connectivity index (χ0n) is 9.99. The van der Waals surface area contributed by atoms with Gasteiger partial charge in [0.05, 0.1) is 12.3 Å². The predicted octanol–water partition coefficient (Wildman–Crippen LogP) is 2.16. The third-order valence-corrected chi connectivity index (χ3v) is 3.95. The van der Waals surface area contributed by atoms with Gasteiger partial charge in [0, 0.05) is 18.2 Å². The number of aromatic nitrogens is 2. The van der Waals surface area contributed by atoms with Gasteiger partial charge in [-0.25, -0.2) is 9.97 Å². The lowest BCUT2D eigenvalue weighted by atomic mass is 9.75. The Balaban J connectivity index is 2.06. The summed E-state index contributed by atoms with van der Waals surface area (Å²) in [6.07, 6.45) is 3.50. The molecular formula is C13H18N2O. The molecule has 0 N–H and O–H groups in total. The zero-order valence-corrected chi connectivity index (χ0v) is 9.99. The Kier molecular flexibility index (Phi) is 2.43. The molecule has 2 heterocycles. The van der Waals surface area contributed by atoms with Crippen LogP contribution in [0.5, 0.6) is 0 Å². The lowest BCUT2D eigenvalue weighted by molar-refractivity contribution is 0.0320. The van der Waals surface area contributed by atoms with Gasteiger partial charge in [-0.2, -0.15) is 0 Å². The molecule has 0 saturated carbocycles. The minimum atomic E-state index is 0.623. The van der Waals surface area contributed by atoms with Crippen LogP contribution in [0.15, 0.2) is 0 Å². The van der Waals surface area contributed by atoms with Gasteiger partial charge in [0.1, 0.15) is 5.82 Å². The number of fused-ring (bicyclic) bond motifs is 3. The average molecular weight is 218 g/mol. The van der Waals surface area contributed by atoms with Crippen LogP contribution in [-0.4, -0.2) is 23.2 Å². The lowest BCUT2D eigenvalue weighted by Crippen LogP contribution is -2.32. The van der Waals surface area contributed by atoms with E-state index in [1.807, 2.05) is 6.92 Å². The first-order valence-corrected chi connectivity index (χ1v) is 6.17. The highest BCUT2D eigenvalue weighted by Gasteiger charge is 2.34. The maximum atomic E-state index is 5.57. The second-order valence-corrected chi connectivity index (χ2v) is 4.99. The molecule has 0 spiro atoms. The van der Waals surface area contributed by atoms with Crippen molar-refractivity contribution in [3.05, 3.63) is 22.8 Å². The van der Waals surface area contributed by atoms with E-state index in [4.69, 9.17) is 9.72 Å². The average Bonchev–Trinajstić information content (AvgIpc) is 2.28. The second kappa shape index (κ2) is 3.81. The molecule has 1 saturated heterocycles. The summed E-state index contributed by atoms with van der Waals surface area (Å²) in [5, 5.41) is 0. The predicted molar refractivity (Wildman–Crippen MR) is 61.5 cm³/mol. The molecule has 16 heavy (non-hydrogen) atoms. The third-order valence-electron chi connectivity index (χ3n) is 3.95. The quantitative estimate of drug-likeness (QED) is 0.669. The maximum absolute atomic E-state index is 5.57. The highest BCUT2D eigenvalue weighted by molar-refractivity contribution is 5.31. The number of hydrogen-bond acceptors (Lipinski definition) is 3. The number of rotatable bonds is 0. The van der Waals surface area contributed by atoms with E-state index < -0.39 is 0 Å². The molecule has 2 unspecified atom stereocenters. The molecule has 2 atom stereocenters. The van der Waals surface area contributed by atoms with Crippen molar-refractivity contribution in [2.75, 3.05) is 13.2 Å². The fourth-order valence-electron chi connectivity index (χ4n) is 3.15. The molecular weight excluding hydrogens is 200 g/mol. The van der Waals surface area contributed by atoms with Gasteiger partial charge in [-0.05, 0) is 44.6 Å². The molecule has 1 fully saturated rings. The molecule has 0 aromatic carbocycles. The topological polar surface area (TPSA) is 35.0 Å². The summed E-state index contributed by atoms with van der Waals surface area (Å²) in [5.41, 5.74) is 3.92. The smallest absolute Gasteiger partial charge is 0.125 e. The van der Waals surface area contributed by atoms with Crippen molar-refractivity contribution in [2.24, 2.45) is 5.92 Å². The van der Waals surface area contributed by atoms with Crippen molar-refractivity contribution in [3.8, 4) is 0 Å². The standard InChI is InChI=1S/C13H18N2O/c1-8-11-4-3-10-7-16-6-5-12(10)13(11)15-9(2)14-8/h10,12H,3-7H2,1-2H3. The van der Waals surface area contributed by atoms with Crippen LogP contribution >= 0.6 is 0 Å². The molecule has 1 aliphatic carbocycles. The molecule has 1 aromatic heterocycles. The number of aryl methyl sites for hydroxylation is 2. The summed E-state index contributed by atoms with van der Waals surface area (Å²) < 4.78 is 5.57. The first kappa shape index (κ1) is 10.2. The molecule has 3 rings (SSSR count). The van der Waals surface area contributed by atoms with E-state index in [1.165, 1.54) is 23.4 Å². The maximum Gasteiger partial charge on any atom is 0.125 e. The summed E-state index contributed by atoms with van der Waals surface area (Å²) in [6, 6.07) is 0. The summed E-state index contributed by atoms with van der Waals surface area (Å²) in [4.78, 5) is 9.17. The van der Waals surface area contributed by atoms with E-state index in [0.29, 0.717) is 11.8 Å². The Bertz CT molecular complexity index is 417. The van der Waals surface area contributed by atoms with Gasteiger partial charge in [-0.15, -0.1) is 0 Å². The molecule has 0 amide bonds. The van der Waals surface area contributed by atoms with Crippen molar-refractivity contribution in [1.82, 2.24) is 9.97 Å². The SMILES string of the molecule is Cc1nc(C)c2c(n1)C1CCOCC1CC2. The number of ether oxygens (including phenoxy) is 1. The fraction of sp³-hybridized carbons (Fsp3) is 0.692. The van der Waals surface area contributed by atoms with Crippen molar-refractivity contribution in [3.63, 3.8) is 0 Å². The Labute approximate surface area is 96.3 Å². The van der Waals surface area contributed by atoms with Crippen molar-refractivity contribution >= 4 is 0 Å². The van der Waals surface area contributed by atoms with Crippen LogP contribution in [0.3, 0.4) is 0 Å². The van der Waals surface area contributed by atoms with Gasteiger partial charge in [0.2, 0.25) is 0 Å². The monoisotopic (exact) mass is 218 g/mol. The summed E-state index contributed by atoms with van der Waals surface area (Å²) in [6.45, 7) is 5.93. The van der Waals surface area contributed by atoms with E-state index in [-0.39, 0.29) is 0 Å². The molecule has 1 aromatic rings. The van der Waals surface area contributed by atoms with Crippen LogP contribution < -0.4 is 0 Å². The van der Waals surface area contributed by atoms with Crippen LogP contribution in [0.25, 0.3) is 0 Å². The van der Waals surface area contributed by atoms with Gasteiger partial charge >= 0.3 is 0 Å². The van der Waals surface area contributed by atoms with Gasteiger partial charge in [0.15, 0.2) is 0 Å². The summed E-state index contributed by atoms with van der Waals surface area (Å²) in [7, 11) is 0. The van der Waals surface area contributed by atoms with E-state index >= 15 is 0 Å². The highest BCUT2D eigenvalue weighted by Crippen LogP contribution is 2.40. The van der Waals surface area contributed by atoms with Crippen molar-refractivity contribution in [2.45, 2.75) is 39.0 Å². The van der Waals surface area contributed by atoms with E-state index in [2.05, 4.69) is 11.9 Å². The van der Waals surface area contributed by atoms with Gasteiger partial charge in [0.25, 0.3) is 0 Å². The molecule has 0 bridgehead atoms. The molecule has 1 aliphatic heterocycles. The minimum Gasteiger partial charge on any atom is -0.381 e. The normalized spacial score (nSPS) is 28.4. The lowest BCUT2D eigenvalue weighted by Gasteiger charge is -2.36. The van der Waals surface area contributed by atoms with Gasteiger partial charge < -0.3 is 4.74 Å². The van der Waals surface area contributed by atoms with E-state index in [1.54, 1.807) is 0 Å². The van der Waals surface area contributed by atoms with Crippen LogP contribution in [0, 0.1) is 19.8 Å². The fourth-order valence-corrected chi connectivity index (χ4v) is 3.15. The van der Waals surface area contributed by atoms with Crippen LogP contribution in [0.4, 0.5) is 0 Å². The van der Waals surface area contributed by atoms with Crippen molar-refractivity contribution < 1.29 is 4.74 Å². The molecule has 0 radical (unpaired) electrons. The first-order valence-electron chi connectivity index (χ1n) is 6.17. The summed E-state index contributed by atoms with van der Waals surface area (Å²) >= 11 is 0. The van der Waals surface area contributed by atoms with E-state index in [9.17, 15) is 0 Å². The largest absolute Gasteiger partial charge is 0.381 e. The number of nitrogens with zero attached hydrogens (tertiary/aromatic N) is 2. The Morgan fingerprint density at radius 1 is 1.19 bits per heavy atom. The Morgan fingerprint density at radius 2 is 2.06 bits per heavy atom. The van der Waals surface area contributed by atoms with Crippen LogP contribution in [0.1, 0.15) is 41.5 Å². The van der Waals surface area contributed by atoms with Gasteiger partial charge in [-0.3, -0.25) is 0 Å². The zero-order chi connectivity index (χ0) is 11.1. The molecule has 86 valence electrons. The van der Waals surface area contributed by atoms with Crippen LogP contribution in [-0.2, 0) is 11.2 Å². The molecule has 3 heteroatoms. The number of hydrogen-bond donors (Lipinski definition) is 0. The van der Waals surface area contributed by atoms with Crippen molar-refractivity contribution in [1.29, 1.82) is 0 Å². The Hall–Kier alpha value is -0.960. The minimum absolute atomic E-state index is 0.623. The summed E-state index contributed by atoms with van der Waals surface area (Å²) in [5.74, 6) is 2.23. The van der Waals surface area contributed by atoms with E-state index in [0.717, 1.165) is 31.9 Å². The third kappa shape index (κ3) is 1.54. The first-order chi connectivity index (χ1) is 7.75. The second-order valence-electron chi connectivity index (χ2n) is 4.99. The molecule has 2 aliphatic rings. The Morgan fingerprint density at radius 3 is 2.94 bits per heavy atom.